The fraction of sp³-hybridized carbons (Fsp3) is 0.0909. The predicted molar refractivity (Wildman–Crippen MR) is 115 cm³/mol. The molecule has 0 aliphatic carbocycles. The Morgan fingerprint density at radius 1 is 1.12 bits per heavy atom. The SMILES string of the molecule is CCOc1cc(C=NNC(=O)c2cccnc2)ccc1OC(=O)c1ccc([N+](=O)[O-])cc1. The Morgan fingerprint density at radius 3 is 2.56 bits per heavy atom. The highest BCUT2D eigenvalue weighted by Gasteiger charge is 2.15. The second kappa shape index (κ2) is 10.4. The minimum atomic E-state index is -0.689. The molecule has 32 heavy (non-hydrogen) atoms. The minimum Gasteiger partial charge on any atom is -0.490 e. The quantitative estimate of drug-likeness (QED) is 0.189. The van der Waals surface area contributed by atoms with E-state index >= 15 is 0 Å². The fourth-order valence-electron chi connectivity index (χ4n) is 2.56. The normalized spacial score (nSPS) is 10.5. The van der Waals surface area contributed by atoms with E-state index in [9.17, 15) is 19.7 Å². The van der Waals surface area contributed by atoms with Gasteiger partial charge < -0.3 is 9.47 Å². The number of carbonyl (C=O) groups is 2. The first kappa shape index (κ1) is 22.1. The number of esters is 1. The van der Waals surface area contributed by atoms with Crippen molar-refractivity contribution in [2.75, 3.05) is 6.61 Å². The average molecular weight is 434 g/mol. The molecule has 10 nitrogen and oxygen atoms in total. The number of amides is 1. The summed E-state index contributed by atoms with van der Waals surface area (Å²) in [4.78, 5) is 38.4. The highest BCUT2D eigenvalue weighted by molar-refractivity contribution is 5.94. The van der Waals surface area contributed by atoms with Crippen molar-refractivity contribution in [1.82, 2.24) is 10.4 Å². The van der Waals surface area contributed by atoms with Crippen molar-refractivity contribution in [1.29, 1.82) is 0 Å². The molecular weight excluding hydrogens is 416 g/mol. The van der Waals surface area contributed by atoms with Crippen LogP contribution < -0.4 is 14.9 Å². The van der Waals surface area contributed by atoms with E-state index in [1.807, 2.05) is 0 Å². The molecule has 0 aliphatic rings. The molecular formula is C22H18N4O6. The zero-order valence-electron chi connectivity index (χ0n) is 16.9. The number of hydrogen-bond acceptors (Lipinski definition) is 8. The van der Waals surface area contributed by atoms with Gasteiger partial charge in [0.2, 0.25) is 0 Å². The molecule has 1 aromatic heterocycles. The average Bonchev–Trinajstić information content (AvgIpc) is 2.81. The molecule has 0 bridgehead atoms. The molecule has 0 fully saturated rings. The second-order valence-electron chi connectivity index (χ2n) is 6.27. The molecule has 1 heterocycles. The molecule has 0 unspecified atom stereocenters. The minimum absolute atomic E-state index is 0.129. The van der Waals surface area contributed by atoms with Crippen LogP contribution in [0.2, 0.25) is 0 Å². The number of nitro groups is 1. The van der Waals surface area contributed by atoms with Gasteiger partial charge in [-0.3, -0.25) is 19.9 Å². The van der Waals surface area contributed by atoms with E-state index in [0.717, 1.165) is 0 Å². The Kier molecular flexibility index (Phi) is 7.20. The first-order valence-corrected chi connectivity index (χ1v) is 9.45. The zero-order valence-corrected chi connectivity index (χ0v) is 16.9. The maximum absolute atomic E-state index is 12.4. The number of hydrogen-bond donors (Lipinski definition) is 1. The number of nitro benzene ring substituents is 1. The topological polar surface area (TPSA) is 133 Å². The Hall–Kier alpha value is -4.60. The highest BCUT2D eigenvalue weighted by atomic mass is 16.6. The molecule has 1 N–H and O–H groups in total. The van der Waals surface area contributed by atoms with Crippen molar-refractivity contribution in [3.8, 4) is 11.5 Å². The van der Waals surface area contributed by atoms with Crippen molar-refractivity contribution in [2.45, 2.75) is 6.92 Å². The zero-order chi connectivity index (χ0) is 22.9. The molecule has 0 saturated carbocycles. The molecule has 10 heteroatoms. The number of nitrogens with zero attached hydrogens (tertiary/aromatic N) is 3. The molecule has 3 aromatic rings. The van der Waals surface area contributed by atoms with Gasteiger partial charge in [-0.15, -0.1) is 0 Å². The van der Waals surface area contributed by atoms with Crippen LogP contribution in [0.25, 0.3) is 0 Å². The summed E-state index contributed by atoms with van der Waals surface area (Å²) < 4.78 is 10.9. The van der Waals surface area contributed by atoms with Crippen LogP contribution in [0.1, 0.15) is 33.2 Å². The number of rotatable bonds is 8. The Bertz CT molecular complexity index is 1150. The summed E-state index contributed by atoms with van der Waals surface area (Å²) in [6.45, 7) is 2.09. The van der Waals surface area contributed by atoms with Crippen LogP contribution in [0.4, 0.5) is 5.69 Å². The number of non-ortho nitro benzene ring substituents is 1. The van der Waals surface area contributed by atoms with Crippen molar-refractivity contribution in [3.63, 3.8) is 0 Å². The molecule has 0 radical (unpaired) electrons. The van der Waals surface area contributed by atoms with E-state index in [2.05, 4.69) is 15.5 Å². The predicted octanol–water partition coefficient (Wildman–Crippen LogP) is 3.37. The lowest BCUT2D eigenvalue weighted by atomic mass is 10.2. The molecule has 0 atom stereocenters. The smallest absolute Gasteiger partial charge is 0.343 e. The molecule has 0 aliphatic heterocycles. The first-order valence-electron chi connectivity index (χ1n) is 9.45. The molecule has 2 aromatic carbocycles. The second-order valence-corrected chi connectivity index (χ2v) is 6.27. The summed E-state index contributed by atoms with van der Waals surface area (Å²) in [5.41, 5.74) is 3.38. The van der Waals surface area contributed by atoms with Crippen LogP contribution in [-0.4, -0.2) is 34.6 Å². The van der Waals surface area contributed by atoms with Gasteiger partial charge in [0.05, 0.1) is 28.9 Å². The summed E-state index contributed by atoms with van der Waals surface area (Å²) in [5.74, 6) is -0.629. The lowest BCUT2D eigenvalue weighted by Crippen LogP contribution is -2.17. The highest BCUT2D eigenvalue weighted by Crippen LogP contribution is 2.29. The number of benzene rings is 2. The van der Waals surface area contributed by atoms with Gasteiger partial charge in [-0.2, -0.15) is 5.10 Å². The molecule has 0 spiro atoms. The van der Waals surface area contributed by atoms with Gasteiger partial charge in [0.1, 0.15) is 0 Å². The largest absolute Gasteiger partial charge is 0.490 e. The van der Waals surface area contributed by atoms with Crippen LogP contribution >= 0.6 is 0 Å². The van der Waals surface area contributed by atoms with E-state index in [1.54, 1.807) is 37.4 Å². The summed E-state index contributed by atoms with van der Waals surface area (Å²) in [5, 5.41) is 14.7. The fourth-order valence-corrected chi connectivity index (χ4v) is 2.56. The van der Waals surface area contributed by atoms with E-state index < -0.39 is 16.8 Å². The lowest BCUT2D eigenvalue weighted by molar-refractivity contribution is -0.384. The van der Waals surface area contributed by atoms with Gasteiger partial charge in [-0.05, 0) is 55.0 Å². The van der Waals surface area contributed by atoms with Crippen LogP contribution in [0.3, 0.4) is 0 Å². The summed E-state index contributed by atoms with van der Waals surface area (Å²) in [6.07, 6.45) is 4.40. The van der Waals surface area contributed by atoms with Crippen LogP contribution in [0, 0.1) is 10.1 Å². The monoisotopic (exact) mass is 434 g/mol. The third-order valence-electron chi connectivity index (χ3n) is 4.09. The molecule has 0 saturated heterocycles. The van der Waals surface area contributed by atoms with Crippen molar-refractivity contribution >= 4 is 23.8 Å². The number of carbonyl (C=O) groups excluding carboxylic acids is 2. The van der Waals surface area contributed by atoms with Gasteiger partial charge in [0, 0.05) is 24.5 Å². The molecule has 1 amide bonds. The summed E-state index contributed by atoms with van der Waals surface area (Å²) in [7, 11) is 0. The Labute approximate surface area is 182 Å². The van der Waals surface area contributed by atoms with Crippen molar-refractivity contribution in [2.24, 2.45) is 5.10 Å². The number of hydrazone groups is 1. The Balaban J connectivity index is 1.70. The number of aromatic nitrogens is 1. The van der Waals surface area contributed by atoms with Gasteiger partial charge in [0.15, 0.2) is 11.5 Å². The van der Waals surface area contributed by atoms with E-state index in [4.69, 9.17) is 9.47 Å². The first-order chi connectivity index (χ1) is 15.5. The maximum atomic E-state index is 12.4. The summed E-state index contributed by atoms with van der Waals surface area (Å²) >= 11 is 0. The third-order valence-corrected chi connectivity index (χ3v) is 4.09. The van der Waals surface area contributed by atoms with Gasteiger partial charge in [-0.25, -0.2) is 10.2 Å². The van der Waals surface area contributed by atoms with Gasteiger partial charge >= 0.3 is 5.97 Å². The van der Waals surface area contributed by atoms with Gasteiger partial charge in [-0.1, -0.05) is 0 Å². The van der Waals surface area contributed by atoms with Gasteiger partial charge in [0.25, 0.3) is 11.6 Å². The van der Waals surface area contributed by atoms with Crippen LogP contribution in [-0.2, 0) is 0 Å². The van der Waals surface area contributed by atoms with E-state index in [0.29, 0.717) is 23.5 Å². The van der Waals surface area contributed by atoms with Crippen LogP contribution in [0.5, 0.6) is 11.5 Å². The number of ether oxygens (including phenoxy) is 2. The summed E-state index contributed by atoms with van der Waals surface area (Å²) in [6, 6.07) is 13.1. The third kappa shape index (κ3) is 5.72. The van der Waals surface area contributed by atoms with Crippen LogP contribution in [0.15, 0.2) is 72.1 Å². The van der Waals surface area contributed by atoms with E-state index in [-0.39, 0.29) is 17.0 Å². The Morgan fingerprint density at radius 2 is 1.91 bits per heavy atom. The van der Waals surface area contributed by atoms with Crippen molar-refractivity contribution in [3.05, 3.63) is 93.8 Å². The van der Waals surface area contributed by atoms with Crippen molar-refractivity contribution < 1.29 is 24.0 Å². The maximum Gasteiger partial charge on any atom is 0.343 e. The van der Waals surface area contributed by atoms with E-state index in [1.165, 1.54) is 42.7 Å². The molecule has 3 rings (SSSR count). The number of nitrogens with one attached hydrogen (secondary N) is 1. The molecule has 162 valence electrons. The standard InChI is InChI=1S/C22H18N4O6/c1-2-31-20-12-15(13-24-25-21(27)17-4-3-11-23-14-17)5-10-19(20)32-22(28)16-6-8-18(9-7-16)26(29)30/h3-14H,2H2,1H3,(H,25,27). The lowest BCUT2D eigenvalue weighted by Gasteiger charge is -2.11. The number of pyridine rings is 1.